The monoisotopic (exact) mass is 346 g/mol. The van der Waals surface area contributed by atoms with Crippen molar-refractivity contribution in [3.8, 4) is 0 Å². The standard InChI is InChI=1S/C16H15BrN2O2/c17-10-15(20)13-9-14(16(18)21)19(11-13)8-4-7-12-5-2-1-3-6-12/h1-7,9,11H,8,10H2,(H2,18,21)/b7-4+. The number of nitrogens with two attached hydrogens (primary N) is 1. The Hall–Kier alpha value is -2.14. The summed E-state index contributed by atoms with van der Waals surface area (Å²) in [6.45, 7) is 0.475. The Morgan fingerprint density at radius 3 is 2.57 bits per heavy atom. The first-order valence-electron chi connectivity index (χ1n) is 6.42. The summed E-state index contributed by atoms with van der Waals surface area (Å²) in [6, 6.07) is 11.4. The van der Waals surface area contributed by atoms with Gasteiger partial charge in [-0.15, -0.1) is 0 Å². The van der Waals surface area contributed by atoms with Crippen molar-refractivity contribution >= 4 is 33.7 Å². The number of Topliss-reactive ketones (excluding diaryl/α,β-unsaturated/α-hetero) is 1. The summed E-state index contributed by atoms with van der Waals surface area (Å²) < 4.78 is 1.68. The molecule has 0 saturated carbocycles. The van der Waals surface area contributed by atoms with Crippen LogP contribution in [0.1, 0.15) is 26.4 Å². The first-order valence-corrected chi connectivity index (χ1v) is 7.54. The molecule has 2 N–H and O–H groups in total. The van der Waals surface area contributed by atoms with Gasteiger partial charge in [-0.3, -0.25) is 9.59 Å². The fraction of sp³-hybridized carbons (Fsp3) is 0.125. The Labute approximate surface area is 131 Å². The average Bonchev–Trinajstić information content (AvgIpc) is 2.92. The third-order valence-electron chi connectivity index (χ3n) is 3.00. The molecule has 0 unspecified atom stereocenters. The van der Waals surface area contributed by atoms with E-state index in [0.717, 1.165) is 5.56 Å². The second-order valence-electron chi connectivity index (χ2n) is 4.50. The molecule has 108 valence electrons. The number of allylic oxidation sites excluding steroid dienone is 1. The number of hydrogen-bond donors (Lipinski definition) is 1. The smallest absolute Gasteiger partial charge is 0.265 e. The lowest BCUT2D eigenvalue weighted by Crippen LogP contribution is -2.16. The highest BCUT2D eigenvalue weighted by Gasteiger charge is 2.13. The van der Waals surface area contributed by atoms with Gasteiger partial charge in [0.05, 0.1) is 5.33 Å². The number of aromatic nitrogens is 1. The number of nitrogens with zero attached hydrogens (tertiary/aromatic N) is 1. The van der Waals surface area contributed by atoms with Crippen LogP contribution in [0.4, 0.5) is 0 Å². The van der Waals surface area contributed by atoms with Gasteiger partial charge in [0.25, 0.3) is 5.91 Å². The Morgan fingerprint density at radius 2 is 1.95 bits per heavy atom. The summed E-state index contributed by atoms with van der Waals surface area (Å²) in [5.41, 5.74) is 7.23. The highest BCUT2D eigenvalue weighted by molar-refractivity contribution is 9.09. The van der Waals surface area contributed by atoms with Gasteiger partial charge in [0, 0.05) is 18.3 Å². The Balaban J connectivity index is 2.19. The van der Waals surface area contributed by atoms with E-state index < -0.39 is 5.91 Å². The molecule has 0 aliphatic rings. The molecule has 21 heavy (non-hydrogen) atoms. The van der Waals surface area contributed by atoms with E-state index in [1.54, 1.807) is 10.8 Å². The third kappa shape index (κ3) is 3.92. The maximum Gasteiger partial charge on any atom is 0.265 e. The zero-order chi connectivity index (χ0) is 15.2. The van der Waals surface area contributed by atoms with Crippen LogP contribution in [0.3, 0.4) is 0 Å². The lowest BCUT2D eigenvalue weighted by Gasteiger charge is -2.02. The summed E-state index contributed by atoms with van der Waals surface area (Å²) in [7, 11) is 0. The molecular formula is C16H15BrN2O2. The Kier molecular flexibility index (Phi) is 5.11. The van der Waals surface area contributed by atoms with Crippen molar-refractivity contribution in [3.05, 3.63) is 65.5 Å². The molecule has 4 nitrogen and oxygen atoms in total. The number of primary amides is 1. The van der Waals surface area contributed by atoms with Gasteiger partial charge in [0.1, 0.15) is 5.69 Å². The zero-order valence-electron chi connectivity index (χ0n) is 11.3. The molecule has 1 heterocycles. The lowest BCUT2D eigenvalue weighted by atomic mass is 10.2. The van der Waals surface area contributed by atoms with Gasteiger partial charge in [-0.25, -0.2) is 0 Å². The number of amides is 1. The van der Waals surface area contributed by atoms with Gasteiger partial charge in [-0.1, -0.05) is 58.4 Å². The van der Waals surface area contributed by atoms with Crippen LogP contribution in [0.25, 0.3) is 6.08 Å². The number of benzene rings is 1. The van der Waals surface area contributed by atoms with Crippen LogP contribution in [0.2, 0.25) is 0 Å². The highest BCUT2D eigenvalue weighted by atomic mass is 79.9. The molecule has 0 fully saturated rings. The number of halogens is 1. The number of carbonyl (C=O) groups is 2. The fourth-order valence-electron chi connectivity index (χ4n) is 1.96. The Bertz CT molecular complexity index is 675. The van der Waals surface area contributed by atoms with Gasteiger partial charge in [0.2, 0.25) is 0 Å². The maximum atomic E-state index is 11.7. The van der Waals surface area contributed by atoms with E-state index >= 15 is 0 Å². The first-order chi connectivity index (χ1) is 10.1. The molecule has 0 bridgehead atoms. The number of carbonyl (C=O) groups excluding carboxylic acids is 2. The number of alkyl halides is 1. The molecule has 0 aliphatic carbocycles. The molecule has 2 rings (SSSR count). The summed E-state index contributed by atoms with van der Waals surface area (Å²) >= 11 is 3.12. The second-order valence-corrected chi connectivity index (χ2v) is 5.06. The molecular weight excluding hydrogens is 332 g/mol. The lowest BCUT2D eigenvalue weighted by molar-refractivity contribution is 0.0991. The van der Waals surface area contributed by atoms with Gasteiger partial charge in [-0.2, -0.15) is 0 Å². The predicted molar refractivity (Wildman–Crippen MR) is 86.6 cm³/mol. The number of hydrogen-bond acceptors (Lipinski definition) is 2. The van der Waals surface area contributed by atoms with Crippen molar-refractivity contribution in [3.63, 3.8) is 0 Å². The minimum Gasteiger partial charge on any atom is -0.364 e. The van der Waals surface area contributed by atoms with E-state index in [0.29, 0.717) is 17.8 Å². The van der Waals surface area contributed by atoms with Crippen molar-refractivity contribution < 1.29 is 9.59 Å². The number of ketones is 1. The normalized spacial score (nSPS) is 10.9. The SMILES string of the molecule is NC(=O)c1cc(C(=O)CBr)cn1C/C=C/c1ccccc1. The maximum absolute atomic E-state index is 11.7. The molecule has 5 heteroatoms. The van der Waals surface area contributed by atoms with E-state index in [-0.39, 0.29) is 11.1 Å². The average molecular weight is 347 g/mol. The number of rotatable bonds is 6. The van der Waals surface area contributed by atoms with Crippen LogP contribution < -0.4 is 5.73 Å². The van der Waals surface area contributed by atoms with E-state index in [1.807, 2.05) is 42.5 Å². The van der Waals surface area contributed by atoms with Crippen molar-refractivity contribution in [1.29, 1.82) is 0 Å². The largest absolute Gasteiger partial charge is 0.364 e. The highest BCUT2D eigenvalue weighted by Crippen LogP contribution is 2.11. The van der Waals surface area contributed by atoms with Gasteiger partial charge >= 0.3 is 0 Å². The third-order valence-corrected chi connectivity index (χ3v) is 3.51. The van der Waals surface area contributed by atoms with Gasteiger partial charge < -0.3 is 10.3 Å². The van der Waals surface area contributed by atoms with Crippen LogP contribution in [-0.2, 0) is 6.54 Å². The molecule has 0 radical (unpaired) electrons. The first kappa shape index (κ1) is 15.3. The van der Waals surface area contributed by atoms with E-state index in [4.69, 9.17) is 5.73 Å². The quantitative estimate of drug-likeness (QED) is 0.645. The molecule has 0 saturated heterocycles. The molecule has 2 aromatic rings. The van der Waals surface area contributed by atoms with Crippen molar-refractivity contribution in [2.75, 3.05) is 5.33 Å². The van der Waals surface area contributed by atoms with Crippen LogP contribution in [0.5, 0.6) is 0 Å². The summed E-state index contributed by atoms with van der Waals surface area (Å²) in [6.07, 6.45) is 5.53. The zero-order valence-corrected chi connectivity index (χ0v) is 12.9. The molecule has 1 amide bonds. The molecule has 0 aliphatic heterocycles. The van der Waals surface area contributed by atoms with Crippen LogP contribution in [0.15, 0.2) is 48.7 Å². The van der Waals surface area contributed by atoms with E-state index in [9.17, 15) is 9.59 Å². The summed E-state index contributed by atoms with van der Waals surface area (Å²) in [5, 5.41) is 0.217. The van der Waals surface area contributed by atoms with Crippen molar-refractivity contribution in [2.24, 2.45) is 5.73 Å². The molecule has 1 aromatic heterocycles. The van der Waals surface area contributed by atoms with Gasteiger partial charge in [-0.05, 0) is 11.6 Å². The fourth-order valence-corrected chi connectivity index (χ4v) is 2.29. The van der Waals surface area contributed by atoms with Crippen LogP contribution >= 0.6 is 15.9 Å². The molecule has 1 aromatic carbocycles. The predicted octanol–water partition coefficient (Wildman–Crippen LogP) is 2.88. The molecule has 0 atom stereocenters. The second kappa shape index (κ2) is 7.04. The van der Waals surface area contributed by atoms with Crippen molar-refractivity contribution in [1.82, 2.24) is 4.57 Å². The van der Waals surface area contributed by atoms with Crippen LogP contribution in [-0.4, -0.2) is 21.6 Å². The Morgan fingerprint density at radius 1 is 1.24 bits per heavy atom. The minimum atomic E-state index is -0.545. The summed E-state index contributed by atoms with van der Waals surface area (Å²) in [4.78, 5) is 23.1. The van der Waals surface area contributed by atoms with E-state index in [1.165, 1.54) is 6.07 Å². The topological polar surface area (TPSA) is 65.1 Å². The van der Waals surface area contributed by atoms with Gasteiger partial charge in [0.15, 0.2) is 5.78 Å². The van der Waals surface area contributed by atoms with E-state index in [2.05, 4.69) is 15.9 Å². The van der Waals surface area contributed by atoms with Crippen LogP contribution in [0, 0.1) is 0 Å². The van der Waals surface area contributed by atoms with Crippen molar-refractivity contribution in [2.45, 2.75) is 6.54 Å². The minimum absolute atomic E-state index is 0.0803. The molecule has 0 spiro atoms. The summed E-state index contributed by atoms with van der Waals surface area (Å²) in [5.74, 6) is -0.625.